The molecule has 0 aliphatic carbocycles. The predicted octanol–water partition coefficient (Wildman–Crippen LogP) is 6.77. The minimum absolute atomic E-state index is 0.00120. The van der Waals surface area contributed by atoms with Gasteiger partial charge in [-0.2, -0.15) is 0 Å². The van der Waals surface area contributed by atoms with Crippen molar-refractivity contribution < 1.29 is 32.2 Å². The molecule has 1 saturated heterocycles. The van der Waals surface area contributed by atoms with E-state index in [1.165, 1.54) is 34.9 Å². The number of ether oxygens (including phenoxy) is 4. The number of thiazole rings is 1. The van der Waals surface area contributed by atoms with Gasteiger partial charge in [-0.3, -0.25) is 0 Å². The fraction of sp³-hybridized carbons (Fsp3) is 0.467. The van der Waals surface area contributed by atoms with Crippen molar-refractivity contribution in [2.75, 3.05) is 25.1 Å². The second-order valence-electron chi connectivity index (χ2n) is 11.1. The quantitative estimate of drug-likeness (QED) is 0.237. The highest BCUT2D eigenvalue weighted by Gasteiger charge is 2.35. The molecule has 13 heteroatoms. The van der Waals surface area contributed by atoms with E-state index in [9.17, 15) is 13.2 Å². The van der Waals surface area contributed by atoms with Gasteiger partial charge in [-0.05, 0) is 57.5 Å². The number of amides is 1. The molecule has 2 aromatic carbocycles. The lowest BCUT2D eigenvalue weighted by Gasteiger charge is -2.39. The topological polar surface area (TPSA) is 108 Å². The molecule has 1 aliphatic heterocycles. The Labute approximate surface area is 262 Å². The van der Waals surface area contributed by atoms with Gasteiger partial charge in [0, 0.05) is 48.6 Å². The van der Waals surface area contributed by atoms with Crippen LogP contribution in [0.25, 0.3) is 0 Å². The number of hydrogen-bond acceptors (Lipinski definition) is 9. The Balaban J connectivity index is 1.53. The zero-order valence-electron chi connectivity index (χ0n) is 25.2. The summed E-state index contributed by atoms with van der Waals surface area (Å²) in [7, 11) is -1.02. The summed E-state index contributed by atoms with van der Waals surface area (Å²) in [6, 6.07) is 9.61. The fourth-order valence-corrected chi connectivity index (χ4v) is 7.43. The van der Waals surface area contributed by atoms with Crippen molar-refractivity contribution in [1.29, 1.82) is 0 Å². The minimum Gasteiger partial charge on any atom is -0.497 e. The van der Waals surface area contributed by atoms with E-state index in [4.69, 9.17) is 30.5 Å². The number of benzene rings is 2. The van der Waals surface area contributed by atoms with Crippen molar-refractivity contribution in [2.45, 2.75) is 76.1 Å². The third-order valence-corrected chi connectivity index (χ3v) is 9.93. The maximum Gasteiger partial charge on any atom is 0.410 e. The van der Waals surface area contributed by atoms with Crippen LogP contribution < -0.4 is 18.5 Å². The first-order valence-corrected chi connectivity index (χ1v) is 16.6. The molecule has 43 heavy (non-hydrogen) atoms. The number of halogens is 1. The second-order valence-corrected chi connectivity index (χ2v) is 14.2. The van der Waals surface area contributed by atoms with E-state index < -0.39 is 15.6 Å². The van der Waals surface area contributed by atoms with Crippen LogP contribution in [0.15, 0.2) is 52.9 Å². The average Bonchev–Trinajstić information content (AvgIpc) is 3.50. The van der Waals surface area contributed by atoms with E-state index in [1.807, 2.05) is 27.7 Å². The third-order valence-electron chi connectivity index (χ3n) is 6.99. The Morgan fingerprint density at radius 1 is 1.14 bits per heavy atom. The first-order chi connectivity index (χ1) is 20.4. The maximum atomic E-state index is 14.0. The molecule has 234 valence electrons. The van der Waals surface area contributed by atoms with Gasteiger partial charge >= 0.3 is 6.09 Å². The molecule has 1 fully saturated rings. The molecule has 4 rings (SSSR count). The summed E-state index contributed by atoms with van der Waals surface area (Å²) in [6.07, 6.45) is 2.96. The van der Waals surface area contributed by atoms with Gasteiger partial charge < -0.3 is 23.8 Å². The number of hydrogen-bond donors (Lipinski definition) is 0. The van der Waals surface area contributed by atoms with Gasteiger partial charge in [0.05, 0.1) is 30.7 Å². The van der Waals surface area contributed by atoms with E-state index >= 15 is 0 Å². The fourth-order valence-electron chi connectivity index (χ4n) is 4.85. The molecule has 2 atom stereocenters. The van der Waals surface area contributed by atoms with Crippen LogP contribution in [0.2, 0.25) is 5.02 Å². The van der Waals surface area contributed by atoms with E-state index in [2.05, 4.69) is 4.98 Å². The summed E-state index contributed by atoms with van der Waals surface area (Å²) in [5.41, 5.74) is 0.0603. The largest absolute Gasteiger partial charge is 0.497 e. The van der Waals surface area contributed by atoms with Crippen molar-refractivity contribution in [1.82, 2.24) is 9.88 Å². The standard InChI is InChI=1S/C30H38ClN3O7S2/c1-7-21-16-23(12-14-33(21)29(35)41-30(2,3)4)40-26-11-10-24(18-25(26)31)43(36,37)34(28-32-13-15-42-28)19-20-8-9-22(38-5)17-27(20)39-6/h8-11,13,15,17-18,21,23H,7,12,14,16,19H2,1-6H3/t21-,23-/m0/s1. The molecule has 0 N–H and O–H groups in total. The summed E-state index contributed by atoms with van der Waals surface area (Å²) in [4.78, 5) is 18.7. The lowest BCUT2D eigenvalue weighted by Crippen LogP contribution is -2.50. The van der Waals surface area contributed by atoms with Crippen LogP contribution in [0, 0.1) is 0 Å². The lowest BCUT2D eigenvalue weighted by molar-refractivity contribution is -0.00466. The van der Waals surface area contributed by atoms with Gasteiger partial charge in [0.15, 0.2) is 5.13 Å². The number of nitrogens with zero attached hydrogens (tertiary/aromatic N) is 3. The summed E-state index contributed by atoms with van der Waals surface area (Å²) < 4.78 is 51.8. The Morgan fingerprint density at radius 3 is 2.51 bits per heavy atom. The van der Waals surface area contributed by atoms with Crippen LogP contribution in [0.4, 0.5) is 9.93 Å². The molecule has 0 saturated carbocycles. The van der Waals surface area contributed by atoms with E-state index in [1.54, 1.807) is 47.9 Å². The molecule has 1 aromatic heterocycles. The van der Waals surface area contributed by atoms with Gasteiger partial charge in [0.2, 0.25) is 0 Å². The summed E-state index contributed by atoms with van der Waals surface area (Å²) in [6.45, 7) is 8.03. The first kappa shape index (κ1) is 32.7. The van der Waals surface area contributed by atoms with E-state index in [-0.39, 0.29) is 34.7 Å². The number of carbonyl (C=O) groups is 1. The highest BCUT2D eigenvalue weighted by molar-refractivity contribution is 7.93. The SMILES string of the molecule is CC[C@H]1C[C@@H](Oc2ccc(S(=O)(=O)N(Cc3ccc(OC)cc3OC)c3nccs3)cc2Cl)CCN1C(=O)OC(C)(C)C. The average molecular weight is 652 g/mol. The van der Waals surface area contributed by atoms with Crippen LogP contribution in [0.1, 0.15) is 52.5 Å². The molecule has 0 unspecified atom stereocenters. The highest BCUT2D eigenvalue weighted by atomic mass is 35.5. The predicted molar refractivity (Wildman–Crippen MR) is 167 cm³/mol. The van der Waals surface area contributed by atoms with Gasteiger partial charge in [0.1, 0.15) is 29.0 Å². The maximum absolute atomic E-state index is 14.0. The summed E-state index contributed by atoms with van der Waals surface area (Å²) >= 11 is 7.81. The lowest BCUT2D eigenvalue weighted by atomic mass is 9.97. The molecule has 1 amide bonds. The highest BCUT2D eigenvalue weighted by Crippen LogP contribution is 2.36. The van der Waals surface area contributed by atoms with Crippen molar-refractivity contribution in [3.05, 3.63) is 58.6 Å². The molecule has 3 aromatic rings. The van der Waals surface area contributed by atoms with Crippen LogP contribution in [0.3, 0.4) is 0 Å². The van der Waals surface area contributed by atoms with E-state index in [0.717, 1.165) is 6.42 Å². The number of aromatic nitrogens is 1. The number of anilines is 1. The Morgan fingerprint density at radius 2 is 1.91 bits per heavy atom. The molecule has 0 bridgehead atoms. The summed E-state index contributed by atoms with van der Waals surface area (Å²) in [5.74, 6) is 1.46. The van der Waals surface area contributed by atoms with E-state index in [0.29, 0.717) is 47.3 Å². The van der Waals surface area contributed by atoms with Crippen LogP contribution >= 0.6 is 22.9 Å². The Bertz CT molecular complexity index is 1510. The van der Waals surface area contributed by atoms with Crippen LogP contribution in [0.5, 0.6) is 17.2 Å². The molecule has 10 nitrogen and oxygen atoms in total. The smallest absolute Gasteiger partial charge is 0.410 e. The minimum atomic E-state index is -4.08. The second kappa shape index (κ2) is 13.6. The summed E-state index contributed by atoms with van der Waals surface area (Å²) in [5, 5.41) is 2.19. The number of rotatable bonds is 10. The van der Waals surface area contributed by atoms with Crippen molar-refractivity contribution >= 4 is 44.2 Å². The molecule has 0 spiro atoms. The zero-order chi connectivity index (χ0) is 31.4. The molecule has 0 radical (unpaired) electrons. The van der Waals surface area contributed by atoms with Crippen LogP contribution in [-0.2, 0) is 21.3 Å². The third kappa shape index (κ3) is 7.84. The van der Waals surface area contributed by atoms with Crippen molar-refractivity contribution in [3.63, 3.8) is 0 Å². The monoisotopic (exact) mass is 651 g/mol. The van der Waals surface area contributed by atoms with Crippen LogP contribution in [-0.4, -0.2) is 62.9 Å². The number of carbonyl (C=O) groups excluding carboxylic acids is 1. The number of methoxy groups -OCH3 is 2. The van der Waals surface area contributed by atoms with Gasteiger partial charge in [-0.25, -0.2) is 22.5 Å². The van der Waals surface area contributed by atoms with Gasteiger partial charge in [-0.15, -0.1) is 11.3 Å². The Hall–Kier alpha value is -3.22. The first-order valence-electron chi connectivity index (χ1n) is 13.9. The number of piperidine rings is 1. The molecule has 2 heterocycles. The zero-order valence-corrected chi connectivity index (χ0v) is 27.6. The number of likely N-dealkylation sites (tertiary alicyclic amines) is 1. The molecular weight excluding hydrogens is 614 g/mol. The van der Waals surface area contributed by atoms with Crippen molar-refractivity contribution in [3.8, 4) is 17.2 Å². The molecular formula is C30H38ClN3O7S2. The van der Waals surface area contributed by atoms with Gasteiger partial charge in [0.25, 0.3) is 10.0 Å². The number of sulfonamides is 1. The normalized spacial score (nSPS) is 17.3. The van der Waals surface area contributed by atoms with Crippen molar-refractivity contribution in [2.24, 2.45) is 0 Å². The Kier molecular flexibility index (Phi) is 10.3. The van der Waals surface area contributed by atoms with Gasteiger partial charge in [-0.1, -0.05) is 18.5 Å². The molecule has 1 aliphatic rings.